The fourth-order valence-electron chi connectivity index (χ4n) is 2.72. The highest BCUT2D eigenvalue weighted by atomic mass is 19.4. The molecular formula is C22H17F3N2O2. The smallest absolute Gasteiger partial charge is 0.344 e. The van der Waals surface area contributed by atoms with Gasteiger partial charge in [0.2, 0.25) is 0 Å². The summed E-state index contributed by atoms with van der Waals surface area (Å²) < 4.78 is 39.3. The number of alkyl halides is 3. The standard InChI is InChI=1S/C22H17F3N2O2/c23-22(24,25)17-11-12-19(18(13-17)16-9-5-2-6-10-16)27-21(29)20(28)26-14-15-7-3-1-4-8-15/h1-13H,14H2,(H,26,28)(H,27,29). The first-order valence-electron chi connectivity index (χ1n) is 8.74. The lowest BCUT2D eigenvalue weighted by Gasteiger charge is -2.15. The molecule has 3 aromatic carbocycles. The summed E-state index contributed by atoms with van der Waals surface area (Å²) in [6, 6.07) is 20.3. The highest BCUT2D eigenvalue weighted by Gasteiger charge is 2.31. The largest absolute Gasteiger partial charge is 0.416 e. The summed E-state index contributed by atoms with van der Waals surface area (Å²) in [5.74, 6) is -1.84. The number of carbonyl (C=O) groups excluding carboxylic acids is 2. The van der Waals surface area contributed by atoms with Gasteiger partial charge in [-0.15, -0.1) is 0 Å². The van der Waals surface area contributed by atoms with Crippen LogP contribution in [0.2, 0.25) is 0 Å². The van der Waals surface area contributed by atoms with E-state index < -0.39 is 23.6 Å². The van der Waals surface area contributed by atoms with E-state index in [1.54, 1.807) is 54.6 Å². The van der Waals surface area contributed by atoms with E-state index in [1.165, 1.54) is 0 Å². The predicted octanol–water partition coefficient (Wildman–Crippen LogP) is 4.63. The van der Waals surface area contributed by atoms with Crippen LogP contribution in [0.4, 0.5) is 18.9 Å². The molecular weight excluding hydrogens is 381 g/mol. The number of rotatable bonds is 4. The Morgan fingerprint density at radius 3 is 2.03 bits per heavy atom. The van der Waals surface area contributed by atoms with Gasteiger partial charge in [0.1, 0.15) is 0 Å². The van der Waals surface area contributed by atoms with Gasteiger partial charge >= 0.3 is 18.0 Å². The third-order valence-electron chi connectivity index (χ3n) is 4.18. The molecule has 3 aromatic rings. The van der Waals surface area contributed by atoms with Gasteiger partial charge in [0.05, 0.1) is 5.56 Å². The van der Waals surface area contributed by atoms with Crippen LogP contribution >= 0.6 is 0 Å². The zero-order valence-corrected chi connectivity index (χ0v) is 15.2. The molecule has 0 unspecified atom stereocenters. The maximum Gasteiger partial charge on any atom is 0.416 e. The zero-order chi connectivity index (χ0) is 20.9. The maximum atomic E-state index is 13.1. The molecule has 29 heavy (non-hydrogen) atoms. The van der Waals surface area contributed by atoms with E-state index in [4.69, 9.17) is 0 Å². The van der Waals surface area contributed by atoms with Gasteiger partial charge in [-0.3, -0.25) is 9.59 Å². The Morgan fingerprint density at radius 1 is 0.793 bits per heavy atom. The molecule has 2 amide bonds. The molecule has 0 aliphatic carbocycles. The van der Waals surface area contributed by atoms with Crippen molar-refractivity contribution in [1.29, 1.82) is 0 Å². The van der Waals surface area contributed by atoms with Crippen molar-refractivity contribution in [2.45, 2.75) is 12.7 Å². The molecule has 0 atom stereocenters. The van der Waals surface area contributed by atoms with Crippen molar-refractivity contribution in [2.24, 2.45) is 0 Å². The van der Waals surface area contributed by atoms with Crippen molar-refractivity contribution >= 4 is 17.5 Å². The normalized spacial score (nSPS) is 11.0. The van der Waals surface area contributed by atoms with Crippen molar-refractivity contribution in [3.63, 3.8) is 0 Å². The summed E-state index contributed by atoms with van der Waals surface area (Å²) in [4.78, 5) is 24.3. The SMILES string of the molecule is O=C(NCc1ccccc1)C(=O)Nc1ccc(C(F)(F)F)cc1-c1ccccc1. The second kappa shape index (κ2) is 8.60. The van der Waals surface area contributed by atoms with Gasteiger partial charge in [-0.25, -0.2) is 0 Å². The number of halogens is 3. The van der Waals surface area contributed by atoms with E-state index in [2.05, 4.69) is 10.6 Å². The second-order valence-corrected chi connectivity index (χ2v) is 6.25. The topological polar surface area (TPSA) is 58.2 Å². The molecule has 0 radical (unpaired) electrons. The average Bonchev–Trinajstić information content (AvgIpc) is 2.72. The zero-order valence-electron chi connectivity index (χ0n) is 15.2. The van der Waals surface area contributed by atoms with E-state index >= 15 is 0 Å². The lowest BCUT2D eigenvalue weighted by molar-refractivity contribution is -0.137. The van der Waals surface area contributed by atoms with Crippen molar-refractivity contribution in [3.05, 3.63) is 90.0 Å². The minimum Gasteiger partial charge on any atom is -0.344 e. The molecule has 0 saturated heterocycles. The monoisotopic (exact) mass is 398 g/mol. The Labute approximate surface area is 165 Å². The predicted molar refractivity (Wildman–Crippen MR) is 104 cm³/mol. The highest BCUT2D eigenvalue weighted by Crippen LogP contribution is 2.36. The number of hydrogen-bond donors (Lipinski definition) is 2. The summed E-state index contributed by atoms with van der Waals surface area (Å²) in [6.07, 6.45) is -4.53. The first kappa shape index (κ1) is 20.1. The summed E-state index contributed by atoms with van der Waals surface area (Å²) >= 11 is 0. The number of carbonyl (C=O) groups is 2. The summed E-state index contributed by atoms with van der Waals surface area (Å²) in [7, 11) is 0. The summed E-state index contributed by atoms with van der Waals surface area (Å²) in [5.41, 5.74) is 0.739. The number of hydrogen-bond acceptors (Lipinski definition) is 2. The van der Waals surface area contributed by atoms with Gasteiger partial charge in [-0.05, 0) is 29.3 Å². The number of benzene rings is 3. The van der Waals surface area contributed by atoms with Crippen LogP contribution in [0.3, 0.4) is 0 Å². The Bertz CT molecular complexity index is 1000. The van der Waals surface area contributed by atoms with E-state index in [9.17, 15) is 22.8 Å². The molecule has 7 heteroatoms. The van der Waals surface area contributed by atoms with Crippen LogP contribution < -0.4 is 10.6 Å². The van der Waals surface area contributed by atoms with E-state index in [0.29, 0.717) is 5.56 Å². The Morgan fingerprint density at radius 2 is 1.41 bits per heavy atom. The molecule has 3 rings (SSSR count). The van der Waals surface area contributed by atoms with Crippen LogP contribution in [0.15, 0.2) is 78.9 Å². The van der Waals surface area contributed by atoms with Crippen LogP contribution in [0.1, 0.15) is 11.1 Å². The van der Waals surface area contributed by atoms with Crippen molar-refractivity contribution in [3.8, 4) is 11.1 Å². The molecule has 0 fully saturated rings. The number of nitrogens with one attached hydrogen (secondary N) is 2. The Kier molecular flexibility index (Phi) is 5.97. The minimum atomic E-state index is -4.53. The lowest BCUT2D eigenvalue weighted by Crippen LogP contribution is -2.35. The fraction of sp³-hybridized carbons (Fsp3) is 0.0909. The summed E-state index contributed by atoms with van der Waals surface area (Å²) in [5, 5.41) is 4.89. The third kappa shape index (κ3) is 5.22. The van der Waals surface area contributed by atoms with Crippen molar-refractivity contribution in [1.82, 2.24) is 5.32 Å². The lowest BCUT2D eigenvalue weighted by atomic mass is 10.0. The van der Waals surface area contributed by atoms with Crippen LogP contribution in [0, 0.1) is 0 Å². The van der Waals surface area contributed by atoms with Gasteiger partial charge in [-0.2, -0.15) is 13.2 Å². The molecule has 0 aliphatic heterocycles. The van der Waals surface area contributed by atoms with Gasteiger partial charge in [0.25, 0.3) is 0 Å². The van der Waals surface area contributed by atoms with Crippen LogP contribution in [0.5, 0.6) is 0 Å². The molecule has 0 bridgehead atoms. The fourth-order valence-corrected chi connectivity index (χ4v) is 2.72. The van der Waals surface area contributed by atoms with Crippen LogP contribution in [0.25, 0.3) is 11.1 Å². The maximum absolute atomic E-state index is 13.1. The molecule has 148 valence electrons. The molecule has 0 saturated carbocycles. The first-order chi connectivity index (χ1) is 13.8. The molecule has 2 N–H and O–H groups in total. The molecule has 4 nitrogen and oxygen atoms in total. The molecule has 0 aromatic heterocycles. The van der Waals surface area contributed by atoms with Gasteiger partial charge in [-0.1, -0.05) is 60.7 Å². The van der Waals surface area contributed by atoms with Crippen LogP contribution in [-0.2, 0) is 22.3 Å². The Balaban J connectivity index is 1.80. The van der Waals surface area contributed by atoms with Gasteiger partial charge in [0.15, 0.2) is 0 Å². The van der Waals surface area contributed by atoms with Crippen molar-refractivity contribution in [2.75, 3.05) is 5.32 Å². The average molecular weight is 398 g/mol. The van der Waals surface area contributed by atoms with Gasteiger partial charge in [0, 0.05) is 17.8 Å². The quantitative estimate of drug-likeness (QED) is 0.630. The third-order valence-corrected chi connectivity index (χ3v) is 4.18. The van der Waals surface area contributed by atoms with Crippen LogP contribution in [-0.4, -0.2) is 11.8 Å². The molecule has 0 spiro atoms. The second-order valence-electron chi connectivity index (χ2n) is 6.25. The highest BCUT2D eigenvalue weighted by molar-refractivity contribution is 6.39. The van der Waals surface area contributed by atoms with E-state index in [0.717, 1.165) is 23.8 Å². The number of amides is 2. The van der Waals surface area contributed by atoms with E-state index in [-0.39, 0.29) is 17.8 Å². The van der Waals surface area contributed by atoms with E-state index in [1.807, 2.05) is 6.07 Å². The Hall–Kier alpha value is -3.61. The minimum absolute atomic E-state index is 0.115. The summed E-state index contributed by atoms with van der Waals surface area (Å²) in [6.45, 7) is 0.158. The van der Waals surface area contributed by atoms with Crippen molar-refractivity contribution < 1.29 is 22.8 Å². The first-order valence-corrected chi connectivity index (χ1v) is 8.74. The number of anilines is 1. The molecule has 0 heterocycles. The van der Waals surface area contributed by atoms with Gasteiger partial charge < -0.3 is 10.6 Å². The molecule has 0 aliphatic rings.